The van der Waals surface area contributed by atoms with Crippen molar-refractivity contribution in [3.8, 4) is 16.7 Å². The highest BCUT2D eigenvalue weighted by Gasteiger charge is 2.28. The van der Waals surface area contributed by atoms with Crippen LogP contribution in [0.5, 0.6) is 16.7 Å². The molecule has 0 radical (unpaired) electrons. The molecule has 0 saturated carbocycles. The molecule has 0 spiro atoms. The number of carbonyl (C=O) groups is 1. The normalized spacial score (nSPS) is 18.7. The van der Waals surface area contributed by atoms with Gasteiger partial charge < -0.3 is 14.6 Å². The summed E-state index contributed by atoms with van der Waals surface area (Å²) < 4.78 is 11.9. The Balaban J connectivity index is 1.54. The van der Waals surface area contributed by atoms with Gasteiger partial charge in [-0.1, -0.05) is 48.6 Å². The van der Waals surface area contributed by atoms with Crippen molar-refractivity contribution in [1.29, 1.82) is 0 Å². The van der Waals surface area contributed by atoms with Crippen molar-refractivity contribution in [2.24, 2.45) is 5.92 Å². The van der Waals surface area contributed by atoms with Gasteiger partial charge in [0.1, 0.15) is 22.5 Å². The molecule has 0 bridgehead atoms. The van der Waals surface area contributed by atoms with E-state index in [9.17, 15) is 4.79 Å². The highest BCUT2D eigenvalue weighted by Crippen LogP contribution is 2.40. The van der Waals surface area contributed by atoms with Gasteiger partial charge in [-0.3, -0.25) is 0 Å². The van der Waals surface area contributed by atoms with Crippen LogP contribution in [0.3, 0.4) is 0 Å². The van der Waals surface area contributed by atoms with E-state index in [1.165, 1.54) is 11.8 Å². The monoisotopic (exact) mass is 367 g/mol. The number of benzene rings is 2. The van der Waals surface area contributed by atoms with E-state index in [1.54, 1.807) is 0 Å². The molecule has 1 aliphatic heterocycles. The van der Waals surface area contributed by atoms with Crippen LogP contribution in [0, 0.1) is 5.92 Å². The van der Waals surface area contributed by atoms with Gasteiger partial charge in [0.15, 0.2) is 0 Å². The van der Waals surface area contributed by atoms with E-state index in [4.69, 9.17) is 14.6 Å². The molecule has 0 aliphatic carbocycles. The number of hydrogen-bond acceptors (Lipinski definition) is 5. The van der Waals surface area contributed by atoms with Crippen molar-refractivity contribution in [1.82, 2.24) is 4.98 Å². The maximum atomic E-state index is 10.9. The Morgan fingerprint density at radius 1 is 1.27 bits per heavy atom. The number of fused-ring (bicyclic) bond motifs is 1. The van der Waals surface area contributed by atoms with Crippen LogP contribution in [0.1, 0.15) is 33.8 Å². The molecule has 132 valence electrons. The Kier molecular flexibility index (Phi) is 4.34. The standard InChI is InChI=1S/C20H17NO4S/c1-12-9-14-10-15(24-20-21-11-17(26-20)19(22)23)7-8-16(14)25-18(12)13-5-3-2-4-6-13/h2-8,10-12,18H,9H2,1H3,(H,22,23). The predicted octanol–water partition coefficient (Wildman–Crippen LogP) is 4.95. The zero-order valence-corrected chi connectivity index (χ0v) is 14.9. The topological polar surface area (TPSA) is 68.7 Å². The summed E-state index contributed by atoms with van der Waals surface area (Å²) in [4.78, 5) is 15.1. The minimum atomic E-state index is -1.00. The number of carboxylic acid groups (broad SMARTS) is 1. The fourth-order valence-electron chi connectivity index (χ4n) is 3.14. The number of aromatic nitrogens is 1. The molecule has 2 unspecified atom stereocenters. The van der Waals surface area contributed by atoms with E-state index in [1.807, 2.05) is 36.4 Å². The lowest BCUT2D eigenvalue weighted by molar-refractivity contribution is 0.0702. The summed E-state index contributed by atoms with van der Waals surface area (Å²) in [5.41, 5.74) is 2.26. The zero-order valence-electron chi connectivity index (χ0n) is 14.1. The van der Waals surface area contributed by atoms with Gasteiger partial charge in [0, 0.05) is 5.92 Å². The maximum Gasteiger partial charge on any atom is 0.347 e. The SMILES string of the molecule is CC1Cc2cc(Oc3ncc(C(=O)O)s3)ccc2OC1c1ccccc1. The minimum absolute atomic E-state index is 0.0348. The fourth-order valence-corrected chi connectivity index (χ4v) is 3.77. The number of nitrogens with zero attached hydrogens (tertiary/aromatic N) is 1. The van der Waals surface area contributed by atoms with E-state index >= 15 is 0 Å². The largest absolute Gasteiger partial charge is 0.485 e. The second-order valence-electron chi connectivity index (χ2n) is 6.30. The number of carboxylic acids is 1. The quantitative estimate of drug-likeness (QED) is 0.707. The van der Waals surface area contributed by atoms with E-state index in [0.29, 0.717) is 16.9 Å². The number of rotatable bonds is 4. The molecular formula is C20H17NO4S. The van der Waals surface area contributed by atoms with Crippen LogP contribution in [0.25, 0.3) is 0 Å². The molecule has 1 aromatic heterocycles. The molecule has 1 N–H and O–H groups in total. The smallest absolute Gasteiger partial charge is 0.347 e. The average Bonchev–Trinajstić information content (AvgIpc) is 3.11. The van der Waals surface area contributed by atoms with Gasteiger partial charge in [0.2, 0.25) is 0 Å². The van der Waals surface area contributed by atoms with Crippen molar-refractivity contribution in [3.63, 3.8) is 0 Å². The maximum absolute atomic E-state index is 10.9. The lowest BCUT2D eigenvalue weighted by Crippen LogP contribution is -2.23. The van der Waals surface area contributed by atoms with Crippen molar-refractivity contribution < 1.29 is 19.4 Å². The van der Waals surface area contributed by atoms with E-state index in [-0.39, 0.29) is 11.0 Å². The van der Waals surface area contributed by atoms with Crippen molar-refractivity contribution in [3.05, 3.63) is 70.7 Å². The number of ether oxygens (including phenoxy) is 2. The predicted molar refractivity (Wildman–Crippen MR) is 98.3 cm³/mol. The lowest BCUT2D eigenvalue weighted by Gasteiger charge is -2.32. The van der Waals surface area contributed by atoms with Crippen molar-refractivity contribution in [2.75, 3.05) is 0 Å². The summed E-state index contributed by atoms with van der Waals surface area (Å²) >= 11 is 1.01. The summed E-state index contributed by atoms with van der Waals surface area (Å²) in [6, 6.07) is 15.9. The summed E-state index contributed by atoms with van der Waals surface area (Å²) in [5.74, 6) is 0.814. The van der Waals surface area contributed by atoms with Crippen LogP contribution < -0.4 is 9.47 Å². The molecule has 5 nitrogen and oxygen atoms in total. The third-order valence-electron chi connectivity index (χ3n) is 4.37. The van der Waals surface area contributed by atoms with E-state index in [0.717, 1.165) is 29.1 Å². The Morgan fingerprint density at radius 2 is 2.08 bits per heavy atom. The third kappa shape index (κ3) is 3.28. The Labute approximate surface area is 154 Å². The van der Waals surface area contributed by atoms with Gasteiger partial charge in [0.05, 0.1) is 6.20 Å². The van der Waals surface area contributed by atoms with Gasteiger partial charge in [-0.25, -0.2) is 9.78 Å². The number of thiazole rings is 1. The van der Waals surface area contributed by atoms with Gasteiger partial charge in [-0.05, 0) is 35.7 Å². The lowest BCUT2D eigenvalue weighted by atomic mass is 9.88. The fraction of sp³-hybridized carbons (Fsp3) is 0.200. The van der Waals surface area contributed by atoms with Gasteiger partial charge in [-0.2, -0.15) is 0 Å². The molecule has 6 heteroatoms. The molecule has 0 fully saturated rings. The highest BCUT2D eigenvalue weighted by atomic mass is 32.1. The average molecular weight is 367 g/mol. The molecule has 1 aliphatic rings. The summed E-state index contributed by atoms with van der Waals surface area (Å²) in [5, 5.41) is 9.28. The Hall–Kier alpha value is -2.86. The second kappa shape index (κ2) is 6.80. The highest BCUT2D eigenvalue weighted by molar-refractivity contribution is 7.15. The van der Waals surface area contributed by atoms with Crippen molar-refractivity contribution in [2.45, 2.75) is 19.4 Å². The van der Waals surface area contributed by atoms with Crippen LogP contribution in [-0.4, -0.2) is 16.1 Å². The summed E-state index contributed by atoms with van der Waals surface area (Å²) in [6.07, 6.45) is 2.22. The molecule has 2 aromatic carbocycles. The van der Waals surface area contributed by atoms with Crippen molar-refractivity contribution >= 4 is 17.3 Å². The number of aromatic carboxylic acids is 1. The van der Waals surface area contributed by atoms with E-state index < -0.39 is 5.97 Å². The van der Waals surface area contributed by atoms with Crippen LogP contribution in [0.15, 0.2) is 54.7 Å². The molecular weight excluding hydrogens is 350 g/mol. The Bertz CT molecular complexity index is 938. The van der Waals surface area contributed by atoms with Gasteiger partial charge in [-0.15, -0.1) is 0 Å². The molecule has 2 atom stereocenters. The molecule has 2 heterocycles. The summed E-state index contributed by atoms with van der Waals surface area (Å²) in [7, 11) is 0. The molecule has 0 amide bonds. The zero-order chi connectivity index (χ0) is 18.1. The first kappa shape index (κ1) is 16.6. The molecule has 26 heavy (non-hydrogen) atoms. The Morgan fingerprint density at radius 3 is 2.81 bits per heavy atom. The minimum Gasteiger partial charge on any atom is -0.485 e. The van der Waals surface area contributed by atoms with Gasteiger partial charge in [0.25, 0.3) is 5.19 Å². The molecule has 4 rings (SSSR count). The third-order valence-corrected chi connectivity index (χ3v) is 5.24. The molecule has 0 saturated heterocycles. The second-order valence-corrected chi connectivity index (χ2v) is 7.29. The van der Waals surface area contributed by atoms with E-state index in [2.05, 4.69) is 24.0 Å². The van der Waals surface area contributed by atoms with Crippen LogP contribution >= 0.6 is 11.3 Å². The van der Waals surface area contributed by atoms with Crippen LogP contribution in [0.4, 0.5) is 0 Å². The molecule has 3 aromatic rings. The van der Waals surface area contributed by atoms with Crippen LogP contribution in [0.2, 0.25) is 0 Å². The van der Waals surface area contributed by atoms with Crippen LogP contribution in [-0.2, 0) is 6.42 Å². The first-order valence-corrected chi connectivity index (χ1v) is 9.13. The summed E-state index contributed by atoms with van der Waals surface area (Å²) in [6.45, 7) is 2.17. The first-order chi connectivity index (χ1) is 12.6. The van der Waals surface area contributed by atoms with Gasteiger partial charge >= 0.3 is 5.97 Å². The number of hydrogen-bond donors (Lipinski definition) is 1. The first-order valence-electron chi connectivity index (χ1n) is 8.31.